The molecule has 3 heterocycles. The Balaban J connectivity index is 1.99. The normalized spacial score (nSPS) is 27.4. The Kier molecular flexibility index (Phi) is 4.18. The summed E-state index contributed by atoms with van der Waals surface area (Å²) in [4.78, 5) is 16.7. The first kappa shape index (κ1) is 16.4. The summed E-state index contributed by atoms with van der Waals surface area (Å²) in [6, 6.07) is -0.666. The molecule has 3 rings (SSSR count). The van der Waals surface area contributed by atoms with E-state index in [4.69, 9.17) is 10.5 Å². The lowest BCUT2D eigenvalue weighted by Crippen LogP contribution is -2.41. The van der Waals surface area contributed by atoms with E-state index in [9.17, 15) is 18.3 Å². The largest absolute Gasteiger partial charge is 0.394 e. The van der Waals surface area contributed by atoms with Gasteiger partial charge in [-0.1, -0.05) is 11.3 Å². The zero-order valence-corrected chi connectivity index (χ0v) is 13.9. The molecular weight excluding hydrogens is 346 g/mol. The first-order valence-electron chi connectivity index (χ1n) is 6.83. The van der Waals surface area contributed by atoms with E-state index >= 15 is 0 Å². The van der Waals surface area contributed by atoms with Crippen molar-refractivity contribution in [1.29, 1.82) is 0 Å². The van der Waals surface area contributed by atoms with Crippen LogP contribution in [-0.2, 0) is 21.3 Å². The van der Waals surface area contributed by atoms with Gasteiger partial charge in [0.25, 0.3) is 0 Å². The van der Waals surface area contributed by atoms with Crippen molar-refractivity contribution in [3.8, 4) is 0 Å². The summed E-state index contributed by atoms with van der Waals surface area (Å²) in [5.74, 6) is 0.629. The van der Waals surface area contributed by atoms with Crippen LogP contribution in [0.15, 0.2) is 9.79 Å². The third kappa shape index (κ3) is 3.26. The number of anilines is 1. The number of thiazole rings is 1. The Hall–Kier alpha value is -1.47. The van der Waals surface area contributed by atoms with Crippen molar-refractivity contribution in [2.45, 2.75) is 31.3 Å². The van der Waals surface area contributed by atoms with E-state index in [0.29, 0.717) is 10.7 Å². The van der Waals surface area contributed by atoms with Gasteiger partial charge in [-0.15, -0.1) is 0 Å². The minimum absolute atomic E-state index is 0.174. The minimum atomic E-state index is -3.50. The van der Waals surface area contributed by atoms with Gasteiger partial charge in [0, 0.05) is 0 Å². The highest BCUT2D eigenvalue weighted by atomic mass is 32.2. The molecule has 1 aromatic rings. The van der Waals surface area contributed by atoms with Gasteiger partial charge in [0.15, 0.2) is 12.2 Å². The summed E-state index contributed by atoms with van der Waals surface area (Å²) in [5, 5.41) is 12.1. The molecule has 0 saturated carbocycles. The number of aliphatic imine (C=N–C) groups is 1. The molecule has 5 N–H and O–H groups in total. The molecule has 0 unspecified atom stereocenters. The van der Waals surface area contributed by atoms with Gasteiger partial charge < -0.3 is 20.9 Å². The Morgan fingerprint density at radius 3 is 3.00 bits per heavy atom. The van der Waals surface area contributed by atoms with Crippen LogP contribution in [0.1, 0.15) is 17.5 Å². The molecular formula is C11H17N5O5S2. The Labute approximate surface area is 136 Å². The summed E-state index contributed by atoms with van der Waals surface area (Å²) in [6.07, 6.45) is -0.135. The summed E-state index contributed by atoms with van der Waals surface area (Å²) in [7, 11) is -3.50. The molecule has 2 aliphatic rings. The van der Waals surface area contributed by atoms with Crippen LogP contribution in [0.2, 0.25) is 0 Å². The fourth-order valence-electron chi connectivity index (χ4n) is 2.70. The van der Waals surface area contributed by atoms with Crippen LogP contribution in [0.3, 0.4) is 0 Å². The number of aliphatic hydroxyl groups is 1. The number of fused-ring (bicyclic) bond motifs is 1. The SMILES string of the molecule is CS(=O)(=O)N[C@@H]1C[C@@H](CO)O[C@H]1n1c2c(sc1=O)CN=C(N)N2. The van der Waals surface area contributed by atoms with Crippen LogP contribution in [-0.4, -0.2) is 49.1 Å². The number of aromatic nitrogens is 1. The van der Waals surface area contributed by atoms with E-state index in [1.807, 2.05) is 0 Å². The zero-order valence-electron chi connectivity index (χ0n) is 12.2. The van der Waals surface area contributed by atoms with Crippen molar-refractivity contribution in [1.82, 2.24) is 9.29 Å². The van der Waals surface area contributed by atoms with Crippen molar-refractivity contribution in [2.75, 3.05) is 18.2 Å². The molecule has 1 aromatic heterocycles. The number of nitrogens with two attached hydrogens (primary N) is 1. The summed E-state index contributed by atoms with van der Waals surface area (Å²) < 4.78 is 32.6. The van der Waals surface area contributed by atoms with Crippen molar-refractivity contribution in [2.24, 2.45) is 10.7 Å². The van der Waals surface area contributed by atoms with Gasteiger partial charge in [-0.2, -0.15) is 0 Å². The van der Waals surface area contributed by atoms with Gasteiger partial charge >= 0.3 is 4.87 Å². The number of hydrogen-bond acceptors (Lipinski definition) is 9. The highest BCUT2D eigenvalue weighted by Crippen LogP contribution is 2.34. The number of ether oxygens (including phenoxy) is 1. The first-order valence-corrected chi connectivity index (χ1v) is 9.54. The summed E-state index contributed by atoms with van der Waals surface area (Å²) in [5.41, 5.74) is 5.65. The van der Waals surface area contributed by atoms with E-state index < -0.39 is 28.4 Å². The molecule has 1 saturated heterocycles. The lowest BCUT2D eigenvalue weighted by molar-refractivity contribution is -0.0265. The van der Waals surface area contributed by atoms with Crippen molar-refractivity contribution in [3.63, 3.8) is 0 Å². The number of nitrogens with zero attached hydrogens (tertiary/aromatic N) is 2. The molecule has 1 fully saturated rings. The molecule has 128 valence electrons. The molecule has 0 aromatic carbocycles. The first-order chi connectivity index (χ1) is 10.8. The van der Waals surface area contributed by atoms with E-state index in [0.717, 1.165) is 17.6 Å². The molecule has 10 nitrogen and oxygen atoms in total. The lowest BCUT2D eigenvalue weighted by atomic mass is 10.2. The van der Waals surface area contributed by atoms with Crippen molar-refractivity contribution >= 4 is 33.1 Å². The molecule has 0 amide bonds. The van der Waals surface area contributed by atoms with E-state index in [2.05, 4.69) is 15.0 Å². The molecule has 0 bridgehead atoms. The van der Waals surface area contributed by atoms with Gasteiger partial charge in [-0.3, -0.25) is 9.36 Å². The zero-order chi connectivity index (χ0) is 16.8. The molecule has 23 heavy (non-hydrogen) atoms. The maximum absolute atomic E-state index is 12.3. The van der Waals surface area contributed by atoms with Crippen LogP contribution < -0.4 is 20.6 Å². The topological polar surface area (TPSA) is 148 Å². The summed E-state index contributed by atoms with van der Waals surface area (Å²) in [6.45, 7) is 0.0118. The predicted octanol–water partition coefficient (Wildman–Crippen LogP) is -1.65. The van der Waals surface area contributed by atoms with Gasteiger partial charge in [0.2, 0.25) is 10.0 Å². The number of hydrogen-bond donors (Lipinski definition) is 4. The van der Waals surface area contributed by atoms with E-state index in [1.165, 1.54) is 4.57 Å². The molecule has 0 spiro atoms. The third-order valence-corrected chi connectivity index (χ3v) is 5.24. The standard InChI is InChI=1S/C11H17N5O5S2/c1-23(19,20)15-6-2-5(4-17)21-9(6)16-8-7(22-11(16)18)3-13-10(12)14-8/h5-6,9,15,17H,2-4H2,1H3,(H3,12,13,14)/t5-,6+,9+/m0/s1. The van der Waals surface area contributed by atoms with Gasteiger partial charge in [-0.25, -0.2) is 18.1 Å². The number of rotatable bonds is 4. The molecule has 0 aliphatic carbocycles. The Morgan fingerprint density at radius 2 is 2.35 bits per heavy atom. The maximum atomic E-state index is 12.3. The third-order valence-electron chi connectivity index (χ3n) is 3.57. The van der Waals surface area contributed by atoms with Gasteiger partial charge in [-0.05, 0) is 6.42 Å². The van der Waals surface area contributed by atoms with Crippen molar-refractivity contribution in [3.05, 3.63) is 14.5 Å². The van der Waals surface area contributed by atoms with Gasteiger partial charge in [0.05, 0.1) is 36.4 Å². The second-order valence-corrected chi connectivity index (χ2v) is 8.23. The quantitative estimate of drug-likeness (QED) is 0.501. The average molecular weight is 363 g/mol. The monoisotopic (exact) mass is 363 g/mol. The number of guanidine groups is 1. The van der Waals surface area contributed by atoms with Crippen LogP contribution in [0.25, 0.3) is 0 Å². The van der Waals surface area contributed by atoms with E-state index in [-0.39, 0.29) is 30.4 Å². The number of sulfonamides is 1. The molecule has 12 heteroatoms. The molecule has 2 aliphatic heterocycles. The van der Waals surface area contributed by atoms with Crippen LogP contribution in [0, 0.1) is 0 Å². The van der Waals surface area contributed by atoms with Crippen molar-refractivity contribution < 1.29 is 18.3 Å². The van der Waals surface area contributed by atoms with Crippen LogP contribution in [0.4, 0.5) is 5.82 Å². The Bertz CT molecular complexity index is 798. The minimum Gasteiger partial charge on any atom is -0.394 e. The maximum Gasteiger partial charge on any atom is 0.311 e. The van der Waals surface area contributed by atoms with Crippen LogP contribution in [0.5, 0.6) is 0 Å². The Morgan fingerprint density at radius 1 is 1.61 bits per heavy atom. The summed E-state index contributed by atoms with van der Waals surface area (Å²) >= 11 is 0.997. The highest BCUT2D eigenvalue weighted by molar-refractivity contribution is 7.88. The van der Waals surface area contributed by atoms with E-state index in [1.54, 1.807) is 0 Å². The number of nitrogens with one attached hydrogen (secondary N) is 2. The average Bonchev–Trinajstić information content (AvgIpc) is 2.96. The molecule has 0 radical (unpaired) electrons. The van der Waals surface area contributed by atoms with Crippen LogP contribution >= 0.6 is 11.3 Å². The predicted molar refractivity (Wildman–Crippen MR) is 84.9 cm³/mol. The molecule has 3 atom stereocenters. The number of aliphatic hydroxyl groups excluding tert-OH is 1. The fraction of sp³-hybridized carbons (Fsp3) is 0.636. The second kappa shape index (κ2) is 5.87. The highest BCUT2D eigenvalue weighted by Gasteiger charge is 2.40. The smallest absolute Gasteiger partial charge is 0.311 e. The fourth-order valence-corrected chi connectivity index (χ4v) is 4.34. The van der Waals surface area contributed by atoms with Gasteiger partial charge in [0.1, 0.15) is 5.82 Å². The lowest BCUT2D eigenvalue weighted by Gasteiger charge is -2.23. The second-order valence-electron chi connectivity index (χ2n) is 5.40.